The number of para-hydroxylation sites is 2. The Bertz CT molecular complexity index is 693. The molecule has 1 atom stereocenters. The third-order valence-electron chi connectivity index (χ3n) is 3.19. The molecule has 0 bridgehead atoms. The Balaban J connectivity index is 2.17. The first-order chi connectivity index (χ1) is 10.6. The Morgan fingerprint density at radius 2 is 1.96 bits per heavy atom. The fourth-order valence-corrected chi connectivity index (χ4v) is 3.69. The zero-order valence-corrected chi connectivity index (χ0v) is 13.3. The molecule has 0 spiro atoms. The molecular weight excluding hydrogens is 359 g/mol. The van der Waals surface area contributed by atoms with Gasteiger partial charge < -0.3 is 9.64 Å². The van der Waals surface area contributed by atoms with Crippen molar-refractivity contribution in [1.29, 1.82) is 0 Å². The summed E-state index contributed by atoms with van der Waals surface area (Å²) < 4.78 is 63.8. The monoisotopic (exact) mass is 371 g/mol. The summed E-state index contributed by atoms with van der Waals surface area (Å²) in [6.45, 7) is -1.43. The number of carbonyl (C=O) groups excluding carboxylic acids is 1. The Kier molecular flexibility index (Phi) is 5.10. The van der Waals surface area contributed by atoms with Gasteiger partial charge in [0.15, 0.2) is 6.61 Å². The number of nitrogens with zero attached hydrogens (tertiary/aromatic N) is 1. The van der Waals surface area contributed by atoms with E-state index in [1.807, 2.05) is 0 Å². The fourth-order valence-electron chi connectivity index (χ4n) is 2.37. The number of amides is 1. The molecule has 1 unspecified atom stereocenters. The highest BCUT2D eigenvalue weighted by atomic mass is 35.7. The van der Waals surface area contributed by atoms with E-state index in [4.69, 9.17) is 15.4 Å². The van der Waals surface area contributed by atoms with Crippen LogP contribution in [0.15, 0.2) is 24.3 Å². The van der Waals surface area contributed by atoms with E-state index in [0.29, 0.717) is 0 Å². The van der Waals surface area contributed by atoms with E-state index in [0.717, 1.165) is 0 Å². The molecule has 0 saturated carbocycles. The van der Waals surface area contributed by atoms with E-state index in [2.05, 4.69) is 0 Å². The van der Waals surface area contributed by atoms with Gasteiger partial charge in [-0.1, -0.05) is 12.1 Å². The van der Waals surface area contributed by atoms with Crippen LogP contribution >= 0.6 is 10.7 Å². The second-order valence-electron chi connectivity index (χ2n) is 5.15. The Hall–Kier alpha value is -1.48. The van der Waals surface area contributed by atoms with E-state index in [1.54, 1.807) is 6.07 Å². The Labute approximate surface area is 135 Å². The normalized spacial score (nSPS) is 19.2. The summed E-state index contributed by atoms with van der Waals surface area (Å²) in [4.78, 5) is 13.3. The summed E-state index contributed by atoms with van der Waals surface area (Å²) >= 11 is 0. The SMILES string of the molecule is O=C1CC(CS(=O)(=O)Cl)CN1c1ccccc1OCC(F)(F)F. The fraction of sp³-hybridized carbons (Fsp3) is 0.462. The zero-order valence-electron chi connectivity index (χ0n) is 11.7. The minimum atomic E-state index is -4.50. The van der Waals surface area contributed by atoms with Gasteiger partial charge in [0, 0.05) is 29.6 Å². The molecule has 1 amide bonds. The lowest BCUT2D eigenvalue weighted by Gasteiger charge is -2.20. The summed E-state index contributed by atoms with van der Waals surface area (Å²) in [5, 5.41) is 0. The van der Waals surface area contributed by atoms with Gasteiger partial charge >= 0.3 is 6.18 Å². The molecule has 128 valence electrons. The first kappa shape index (κ1) is 17.9. The average Bonchev–Trinajstić information content (AvgIpc) is 2.74. The molecule has 0 aliphatic carbocycles. The molecule has 1 heterocycles. The van der Waals surface area contributed by atoms with E-state index in [9.17, 15) is 26.4 Å². The second-order valence-corrected chi connectivity index (χ2v) is 7.97. The molecule has 5 nitrogen and oxygen atoms in total. The van der Waals surface area contributed by atoms with E-state index < -0.39 is 33.7 Å². The smallest absolute Gasteiger partial charge is 0.422 e. The number of benzene rings is 1. The minimum Gasteiger partial charge on any atom is -0.482 e. The van der Waals surface area contributed by atoms with Crippen molar-refractivity contribution in [3.8, 4) is 5.75 Å². The highest BCUT2D eigenvalue weighted by molar-refractivity contribution is 8.13. The van der Waals surface area contributed by atoms with Gasteiger partial charge in [-0.3, -0.25) is 4.79 Å². The molecule has 10 heteroatoms. The van der Waals surface area contributed by atoms with Crippen molar-refractivity contribution in [2.45, 2.75) is 12.6 Å². The lowest BCUT2D eigenvalue weighted by Crippen LogP contribution is -2.27. The largest absolute Gasteiger partial charge is 0.482 e. The van der Waals surface area contributed by atoms with Gasteiger partial charge in [0.2, 0.25) is 15.0 Å². The summed E-state index contributed by atoms with van der Waals surface area (Å²) in [7, 11) is 1.42. The topological polar surface area (TPSA) is 63.7 Å². The van der Waals surface area contributed by atoms with Crippen LogP contribution in [0.2, 0.25) is 0 Å². The summed E-state index contributed by atoms with van der Waals surface area (Å²) in [6, 6.07) is 5.80. The lowest BCUT2D eigenvalue weighted by molar-refractivity contribution is -0.153. The van der Waals surface area contributed by atoms with E-state index >= 15 is 0 Å². The number of hydrogen-bond acceptors (Lipinski definition) is 4. The van der Waals surface area contributed by atoms with Crippen molar-refractivity contribution in [3.63, 3.8) is 0 Å². The van der Waals surface area contributed by atoms with Gasteiger partial charge in [-0.15, -0.1) is 0 Å². The van der Waals surface area contributed by atoms with Crippen molar-refractivity contribution >= 4 is 31.3 Å². The Morgan fingerprint density at radius 3 is 2.57 bits per heavy atom. The van der Waals surface area contributed by atoms with E-state index in [1.165, 1.54) is 23.1 Å². The van der Waals surface area contributed by atoms with Crippen molar-refractivity contribution < 1.29 is 31.1 Å². The standard InChI is InChI=1S/C13H13ClF3NO4S/c14-23(20,21)7-9-5-12(19)18(6-9)10-3-1-2-4-11(10)22-8-13(15,16)17/h1-4,9H,5-8H2. The maximum absolute atomic E-state index is 12.3. The third-order valence-corrected chi connectivity index (χ3v) is 4.43. The van der Waals surface area contributed by atoms with Crippen molar-refractivity contribution in [2.75, 3.05) is 23.8 Å². The van der Waals surface area contributed by atoms with Crippen molar-refractivity contribution in [1.82, 2.24) is 0 Å². The molecule has 0 aromatic heterocycles. The number of hydrogen-bond donors (Lipinski definition) is 0. The van der Waals surface area contributed by atoms with Crippen LogP contribution in [0.1, 0.15) is 6.42 Å². The predicted octanol–water partition coefficient (Wildman–Crippen LogP) is 2.55. The molecule has 1 fully saturated rings. The molecule has 1 aliphatic rings. The maximum Gasteiger partial charge on any atom is 0.422 e. The number of anilines is 1. The van der Waals surface area contributed by atoms with Gasteiger partial charge in [0.1, 0.15) is 5.75 Å². The number of halogens is 4. The number of alkyl halides is 3. The first-order valence-corrected chi connectivity index (χ1v) is 9.04. The van der Waals surface area contributed by atoms with Crippen LogP contribution in [0, 0.1) is 5.92 Å². The van der Waals surface area contributed by atoms with Crippen LogP contribution in [-0.4, -0.2) is 39.4 Å². The highest BCUT2D eigenvalue weighted by Gasteiger charge is 2.35. The van der Waals surface area contributed by atoms with Crippen LogP contribution in [0.3, 0.4) is 0 Å². The minimum absolute atomic E-state index is 0.0421. The molecule has 0 radical (unpaired) electrons. The summed E-state index contributed by atoms with van der Waals surface area (Å²) in [5.74, 6) is -1.37. The van der Waals surface area contributed by atoms with Crippen LogP contribution in [0.5, 0.6) is 5.75 Å². The van der Waals surface area contributed by atoms with Crippen molar-refractivity contribution in [3.05, 3.63) is 24.3 Å². The molecule has 2 rings (SSSR count). The second kappa shape index (κ2) is 6.56. The number of ether oxygens (including phenoxy) is 1. The molecule has 1 aromatic carbocycles. The van der Waals surface area contributed by atoms with Crippen LogP contribution < -0.4 is 9.64 Å². The summed E-state index contributed by atoms with van der Waals surface area (Å²) in [5.41, 5.74) is 0.177. The van der Waals surface area contributed by atoms with Gasteiger partial charge in [-0.05, 0) is 12.1 Å². The zero-order chi connectivity index (χ0) is 17.3. The summed E-state index contributed by atoms with van der Waals surface area (Å²) in [6.07, 6.45) is -4.54. The first-order valence-electron chi connectivity index (χ1n) is 6.56. The van der Waals surface area contributed by atoms with E-state index in [-0.39, 0.29) is 30.2 Å². The molecular formula is C13H13ClF3NO4S. The predicted molar refractivity (Wildman–Crippen MR) is 78.1 cm³/mol. The molecule has 1 aliphatic heterocycles. The van der Waals surface area contributed by atoms with Crippen molar-refractivity contribution in [2.24, 2.45) is 5.92 Å². The maximum atomic E-state index is 12.3. The van der Waals surface area contributed by atoms with Gasteiger partial charge in [-0.25, -0.2) is 8.42 Å². The van der Waals surface area contributed by atoms with Gasteiger partial charge in [-0.2, -0.15) is 13.2 Å². The number of carbonyl (C=O) groups is 1. The average molecular weight is 372 g/mol. The van der Waals surface area contributed by atoms with Crippen LogP contribution in [0.25, 0.3) is 0 Å². The lowest BCUT2D eigenvalue weighted by atomic mass is 10.1. The van der Waals surface area contributed by atoms with Gasteiger partial charge in [0.25, 0.3) is 0 Å². The highest BCUT2D eigenvalue weighted by Crippen LogP contribution is 2.34. The van der Waals surface area contributed by atoms with Gasteiger partial charge in [0.05, 0.1) is 11.4 Å². The molecule has 1 aromatic rings. The molecule has 0 N–H and O–H groups in total. The molecule has 23 heavy (non-hydrogen) atoms. The third kappa shape index (κ3) is 5.28. The van der Waals surface area contributed by atoms with Crippen LogP contribution in [0.4, 0.5) is 18.9 Å². The molecule has 1 saturated heterocycles. The Morgan fingerprint density at radius 1 is 1.30 bits per heavy atom. The van der Waals surface area contributed by atoms with Crippen LogP contribution in [-0.2, 0) is 13.8 Å². The number of rotatable bonds is 5. The quantitative estimate of drug-likeness (QED) is 0.746.